The van der Waals surface area contributed by atoms with Gasteiger partial charge in [-0.1, -0.05) is 112 Å². The van der Waals surface area contributed by atoms with Crippen LogP contribution in [-0.4, -0.2) is 0 Å². The Morgan fingerprint density at radius 2 is 0.970 bits per heavy atom. The van der Waals surface area contributed by atoms with Crippen molar-refractivity contribution in [1.29, 1.82) is 0 Å². The molecule has 0 radical (unpaired) electrons. The zero-order chi connectivity index (χ0) is 22.2. The molecule has 2 aliphatic rings. The monoisotopic (exact) mass is 504 g/mol. The average Bonchev–Trinajstić information content (AvgIpc) is 3.31. The highest BCUT2D eigenvalue weighted by atomic mass is 79.9. The van der Waals surface area contributed by atoms with Gasteiger partial charge in [-0.2, -0.15) is 0 Å². The van der Waals surface area contributed by atoms with Gasteiger partial charge in [0.25, 0.3) is 0 Å². The molecule has 1 spiro atoms. The largest absolute Gasteiger partial charge is 0.0836 e. The summed E-state index contributed by atoms with van der Waals surface area (Å²) in [7, 11) is 0. The fourth-order valence-electron chi connectivity index (χ4n) is 5.96. The van der Waals surface area contributed by atoms with Crippen LogP contribution in [0.3, 0.4) is 0 Å². The second-order valence-electron chi connectivity index (χ2n) is 8.77. The number of hydrogen-bond donors (Lipinski definition) is 0. The lowest BCUT2D eigenvalue weighted by atomic mass is 9.70. The Kier molecular flexibility index (Phi) is 4.07. The van der Waals surface area contributed by atoms with Gasteiger partial charge < -0.3 is 0 Å². The van der Waals surface area contributed by atoms with E-state index in [1.807, 2.05) is 0 Å². The summed E-state index contributed by atoms with van der Waals surface area (Å²) in [6, 6.07) is 39.5. The molecule has 0 fully saturated rings. The molecule has 33 heavy (non-hydrogen) atoms. The van der Waals surface area contributed by atoms with E-state index in [9.17, 15) is 0 Å². The first kappa shape index (κ1) is 19.3. The van der Waals surface area contributed by atoms with Crippen LogP contribution in [-0.2, 0) is 5.41 Å². The van der Waals surface area contributed by atoms with E-state index < -0.39 is 0 Å². The van der Waals surface area contributed by atoms with Crippen LogP contribution in [0.1, 0.15) is 22.3 Å². The van der Waals surface area contributed by atoms with Gasteiger partial charge in [-0.15, -0.1) is 0 Å². The Labute approximate surface area is 206 Å². The van der Waals surface area contributed by atoms with Gasteiger partial charge in [0.2, 0.25) is 0 Å². The lowest BCUT2D eigenvalue weighted by Gasteiger charge is -2.30. The van der Waals surface area contributed by atoms with E-state index in [0.717, 1.165) is 20.6 Å². The average molecular weight is 506 g/mol. The summed E-state index contributed by atoms with van der Waals surface area (Å²) in [6.07, 6.45) is 0. The molecule has 7 rings (SSSR count). The molecule has 156 valence electrons. The van der Waals surface area contributed by atoms with E-state index in [4.69, 9.17) is 11.6 Å². The van der Waals surface area contributed by atoms with Gasteiger partial charge in [0.1, 0.15) is 0 Å². The van der Waals surface area contributed by atoms with E-state index in [2.05, 4.69) is 125 Å². The van der Waals surface area contributed by atoms with Crippen molar-refractivity contribution in [2.24, 2.45) is 0 Å². The minimum absolute atomic E-state index is 0.339. The molecule has 0 saturated heterocycles. The standard InChI is InChI=1S/C31H18BrCl/c32-20-15-13-19(14-16-20)24-17-29-25(18-30(24)33)23-9-3-6-12-28(23)31(29)26-10-4-1-7-21(26)22-8-2-5-11-27(22)31/h1-18H. The second kappa shape index (κ2) is 6.93. The third kappa shape index (κ3) is 2.47. The maximum atomic E-state index is 6.93. The van der Waals surface area contributed by atoms with Crippen LogP contribution >= 0.6 is 27.5 Å². The Morgan fingerprint density at radius 3 is 1.52 bits per heavy atom. The SMILES string of the molecule is Clc1cc2c(cc1-c1ccc(Br)cc1)C1(c3ccccc3-c3ccccc31)c1ccccc1-2. The topological polar surface area (TPSA) is 0 Å². The van der Waals surface area contributed by atoms with E-state index in [0.29, 0.717) is 0 Å². The molecular weight excluding hydrogens is 488 g/mol. The summed E-state index contributed by atoms with van der Waals surface area (Å²) in [5, 5.41) is 0.780. The number of rotatable bonds is 1. The van der Waals surface area contributed by atoms with E-state index in [-0.39, 0.29) is 5.41 Å². The molecule has 0 nitrogen and oxygen atoms in total. The molecule has 0 unspecified atom stereocenters. The van der Waals surface area contributed by atoms with Crippen LogP contribution in [0.2, 0.25) is 5.02 Å². The van der Waals surface area contributed by atoms with Gasteiger partial charge in [0, 0.05) is 15.1 Å². The van der Waals surface area contributed by atoms with Crippen molar-refractivity contribution < 1.29 is 0 Å². The maximum Gasteiger partial charge on any atom is 0.0725 e. The minimum Gasteiger partial charge on any atom is -0.0836 e. The Hall–Kier alpha value is -3.13. The minimum atomic E-state index is -0.339. The summed E-state index contributed by atoms with van der Waals surface area (Å²) in [6.45, 7) is 0. The summed E-state index contributed by atoms with van der Waals surface area (Å²) >= 11 is 10.5. The van der Waals surface area contributed by atoms with E-state index >= 15 is 0 Å². The van der Waals surface area contributed by atoms with Crippen molar-refractivity contribution >= 4 is 27.5 Å². The van der Waals surface area contributed by atoms with Crippen molar-refractivity contribution in [3.8, 4) is 33.4 Å². The predicted molar refractivity (Wildman–Crippen MR) is 141 cm³/mol. The molecular formula is C31H18BrCl. The number of benzene rings is 5. The molecule has 0 N–H and O–H groups in total. The first-order chi connectivity index (χ1) is 16.2. The second-order valence-corrected chi connectivity index (χ2v) is 10.1. The van der Waals surface area contributed by atoms with Gasteiger partial charge in [-0.3, -0.25) is 0 Å². The number of hydrogen-bond acceptors (Lipinski definition) is 0. The lowest BCUT2D eigenvalue weighted by molar-refractivity contribution is 0.794. The number of halogens is 2. The quantitative estimate of drug-likeness (QED) is 0.209. The molecule has 2 heteroatoms. The first-order valence-corrected chi connectivity index (χ1v) is 12.3. The van der Waals surface area contributed by atoms with E-state index in [1.165, 1.54) is 44.5 Å². The first-order valence-electron chi connectivity index (χ1n) is 11.1. The smallest absolute Gasteiger partial charge is 0.0725 e. The Morgan fingerprint density at radius 1 is 0.485 bits per heavy atom. The third-order valence-electron chi connectivity index (χ3n) is 7.24. The molecule has 5 aromatic rings. The maximum absolute atomic E-state index is 6.93. The van der Waals surface area contributed by atoms with Crippen LogP contribution in [0.25, 0.3) is 33.4 Å². The summed E-state index contributed by atoms with van der Waals surface area (Å²) < 4.78 is 1.06. The molecule has 0 bridgehead atoms. The van der Waals surface area contributed by atoms with Crippen molar-refractivity contribution in [3.05, 3.63) is 141 Å². The molecule has 0 atom stereocenters. The lowest BCUT2D eigenvalue weighted by Crippen LogP contribution is -2.25. The normalized spacial score (nSPS) is 14.0. The van der Waals surface area contributed by atoms with Gasteiger partial charge in [0.05, 0.1) is 5.41 Å². The fourth-order valence-corrected chi connectivity index (χ4v) is 6.50. The zero-order valence-corrected chi connectivity index (χ0v) is 20.0. The summed E-state index contributed by atoms with van der Waals surface area (Å²) in [4.78, 5) is 0. The Balaban J connectivity index is 1.64. The molecule has 0 aliphatic heterocycles. The van der Waals surface area contributed by atoms with Gasteiger partial charge in [-0.05, 0) is 74.3 Å². The third-order valence-corrected chi connectivity index (χ3v) is 8.08. The molecule has 0 aromatic heterocycles. The van der Waals surface area contributed by atoms with Crippen LogP contribution < -0.4 is 0 Å². The highest BCUT2D eigenvalue weighted by molar-refractivity contribution is 9.10. The van der Waals surface area contributed by atoms with Crippen molar-refractivity contribution in [1.82, 2.24) is 0 Å². The predicted octanol–water partition coefficient (Wildman–Crippen LogP) is 9.11. The van der Waals surface area contributed by atoms with Crippen LogP contribution in [0, 0.1) is 0 Å². The van der Waals surface area contributed by atoms with Crippen LogP contribution in [0.4, 0.5) is 0 Å². The van der Waals surface area contributed by atoms with Gasteiger partial charge in [0.15, 0.2) is 0 Å². The van der Waals surface area contributed by atoms with Gasteiger partial charge in [-0.25, -0.2) is 0 Å². The van der Waals surface area contributed by atoms with E-state index in [1.54, 1.807) is 0 Å². The summed E-state index contributed by atoms with van der Waals surface area (Å²) in [5.74, 6) is 0. The fraction of sp³-hybridized carbons (Fsp3) is 0.0323. The van der Waals surface area contributed by atoms with Crippen LogP contribution in [0.5, 0.6) is 0 Å². The van der Waals surface area contributed by atoms with Crippen molar-refractivity contribution in [2.75, 3.05) is 0 Å². The molecule has 0 heterocycles. The molecule has 0 amide bonds. The molecule has 2 aliphatic carbocycles. The number of fused-ring (bicyclic) bond motifs is 10. The van der Waals surface area contributed by atoms with Gasteiger partial charge >= 0.3 is 0 Å². The zero-order valence-electron chi connectivity index (χ0n) is 17.6. The highest BCUT2D eigenvalue weighted by Gasteiger charge is 2.51. The summed E-state index contributed by atoms with van der Waals surface area (Å²) in [5.41, 5.74) is 12.3. The molecule has 5 aromatic carbocycles. The molecule has 0 saturated carbocycles. The van der Waals surface area contributed by atoms with Crippen LogP contribution in [0.15, 0.2) is 114 Å². The highest BCUT2D eigenvalue weighted by Crippen LogP contribution is 2.63. The Bertz CT molecular complexity index is 1530. The van der Waals surface area contributed by atoms with Crippen molar-refractivity contribution in [3.63, 3.8) is 0 Å². The van der Waals surface area contributed by atoms with Crippen molar-refractivity contribution in [2.45, 2.75) is 5.41 Å².